The highest BCUT2D eigenvalue weighted by molar-refractivity contribution is 5.66. The first-order chi connectivity index (χ1) is 6.02. The molecule has 76 valence electrons. The van der Waals surface area contributed by atoms with Gasteiger partial charge in [0.2, 0.25) is 6.29 Å². The van der Waals surface area contributed by atoms with Crippen LogP contribution in [0, 0.1) is 0 Å². The van der Waals surface area contributed by atoms with E-state index in [0.717, 1.165) is 6.92 Å². The average Bonchev–Trinajstić information content (AvgIpc) is 2.06. The molecule has 1 heterocycles. The van der Waals surface area contributed by atoms with Crippen LogP contribution in [0.4, 0.5) is 0 Å². The molecule has 4 unspecified atom stereocenters. The van der Waals surface area contributed by atoms with Gasteiger partial charge in [0.15, 0.2) is 0 Å². The SMILES string of the molecule is CC(=O)OC1OCC(O)C(O)C1O. The van der Waals surface area contributed by atoms with Gasteiger partial charge in [-0.2, -0.15) is 0 Å². The largest absolute Gasteiger partial charge is 0.433 e. The van der Waals surface area contributed by atoms with Gasteiger partial charge in [0.25, 0.3) is 0 Å². The van der Waals surface area contributed by atoms with Crippen molar-refractivity contribution in [2.24, 2.45) is 0 Å². The van der Waals surface area contributed by atoms with Gasteiger partial charge >= 0.3 is 5.97 Å². The van der Waals surface area contributed by atoms with Crippen LogP contribution in [0.25, 0.3) is 0 Å². The minimum atomic E-state index is -1.41. The Kier molecular flexibility index (Phi) is 3.21. The Hall–Kier alpha value is -0.690. The quantitative estimate of drug-likeness (QED) is 0.415. The third-order valence-corrected chi connectivity index (χ3v) is 1.74. The van der Waals surface area contributed by atoms with Crippen molar-refractivity contribution in [2.45, 2.75) is 31.5 Å². The van der Waals surface area contributed by atoms with Crippen LogP contribution in [-0.4, -0.2) is 52.5 Å². The molecule has 0 radical (unpaired) electrons. The van der Waals surface area contributed by atoms with E-state index in [-0.39, 0.29) is 6.61 Å². The Balaban J connectivity index is 2.53. The maximum absolute atomic E-state index is 10.5. The minimum Gasteiger partial charge on any atom is -0.433 e. The lowest BCUT2D eigenvalue weighted by Crippen LogP contribution is -2.54. The predicted octanol–water partition coefficient (Wildman–Crippen LogP) is -2.01. The van der Waals surface area contributed by atoms with Crippen molar-refractivity contribution in [1.82, 2.24) is 0 Å². The first-order valence-corrected chi connectivity index (χ1v) is 3.85. The van der Waals surface area contributed by atoms with Crippen molar-refractivity contribution in [1.29, 1.82) is 0 Å². The van der Waals surface area contributed by atoms with Crippen molar-refractivity contribution >= 4 is 5.97 Å². The maximum atomic E-state index is 10.5. The Morgan fingerprint density at radius 1 is 1.38 bits per heavy atom. The lowest BCUT2D eigenvalue weighted by atomic mass is 10.1. The fourth-order valence-electron chi connectivity index (χ4n) is 1.05. The van der Waals surface area contributed by atoms with Crippen LogP contribution in [0.3, 0.4) is 0 Å². The summed E-state index contributed by atoms with van der Waals surface area (Å²) >= 11 is 0. The molecule has 1 saturated heterocycles. The van der Waals surface area contributed by atoms with E-state index in [1.165, 1.54) is 0 Å². The molecule has 0 aliphatic carbocycles. The van der Waals surface area contributed by atoms with E-state index in [0.29, 0.717) is 0 Å². The van der Waals surface area contributed by atoms with Gasteiger partial charge in [-0.15, -0.1) is 0 Å². The number of aliphatic hydroxyl groups is 3. The molecule has 0 saturated carbocycles. The zero-order chi connectivity index (χ0) is 10.0. The molecule has 0 aromatic rings. The number of rotatable bonds is 1. The van der Waals surface area contributed by atoms with Gasteiger partial charge in [0.05, 0.1) is 6.61 Å². The molecule has 0 bridgehead atoms. The summed E-state index contributed by atoms with van der Waals surface area (Å²) in [5, 5.41) is 27.4. The summed E-state index contributed by atoms with van der Waals surface area (Å²) in [4.78, 5) is 10.5. The highest BCUT2D eigenvalue weighted by Gasteiger charge is 2.39. The van der Waals surface area contributed by atoms with Crippen LogP contribution < -0.4 is 0 Å². The highest BCUT2D eigenvalue weighted by atomic mass is 16.7. The Morgan fingerprint density at radius 2 is 2.00 bits per heavy atom. The van der Waals surface area contributed by atoms with Crippen LogP contribution in [0.15, 0.2) is 0 Å². The summed E-state index contributed by atoms with van der Waals surface area (Å²) in [6.45, 7) is 0.990. The summed E-state index contributed by atoms with van der Waals surface area (Å²) in [6, 6.07) is 0. The lowest BCUT2D eigenvalue weighted by Gasteiger charge is -2.34. The molecule has 6 nitrogen and oxygen atoms in total. The summed E-state index contributed by atoms with van der Waals surface area (Å²) in [7, 11) is 0. The molecule has 0 spiro atoms. The zero-order valence-corrected chi connectivity index (χ0v) is 7.08. The van der Waals surface area contributed by atoms with Crippen molar-refractivity contribution in [3.05, 3.63) is 0 Å². The van der Waals surface area contributed by atoms with Crippen molar-refractivity contribution in [2.75, 3.05) is 6.61 Å². The molecule has 6 heteroatoms. The first-order valence-electron chi connectivity index (χ1n) is 3.85. The van der Waals surface area contributed by atoms with Crippen LogP contribution in [0.1, 0.15) is 6.92 Å². The maximum Gasteiger partial charge on any atom is 0.305 e. The van der Waals surface area contributed by atoms with E-state index in [9.17, 15) is 9.90 Å². The number of ether oxygens (including phenoxy) is 2. The van der Waals surface area contributed by atoms with Gasteiger partial charge in [-0.1, -0.05) is 0 Å². The molecule has 4 atom stereocenters. The molecule has 3 N–H and O–H groups in total. The third-order valence-electron chi connectivity index (χ3n) is 1.74. The first kappa shape index (κ1) is 10.4. The van der Waals surface area contributed by atoms with Crippen LogP contribution in [0.5, 0.6) is 0 Å². The summed E-state index contributed by atoms with van der Waals surface area (Å²) in [5.41, 5.74) is 0. The van der Waals surface area contributed by atoms with E-state index in [1.54, 1.807) is 0 Å². The van der Waals surface area contributed by atoms with E-state index in [1.807, 2.05) is 0 Å². The number of carbonyl (C=O) groups excluding carboxylic acids is 1. The molecular weight excluding hydrogens is 180 g/mol. The summed E-state index contributed by atoms with van der Waals surface area (Å²) < 4.78 is 9.32. The lowest BCUT2D eigenvalue weighted by molar-refractivity contribution is -0.261. The summed E-state index contributed by atoms with van der Waals surface area (Å²) in [6.07, 6.45) is -5.11. The molecule has 1 fully saturated rings. The molecular formula is C7H12O6. The second kappa shape index (κ2) is 4.01. The van der Waals surface area contributed by atoms with E-state index in [2.05, 4.69) is 4.74 Å². The van der Waals surface area contributed by atoms with Crippen molar-refractivity contribution < 1.29 is 29.6 Å². The van der Waals surface area contributed by atoms with Gasteiger partial charge in [-0.3, -0.25) is 4.79 Å². The second-order valence-corrected chi connectivity index (χ2v) is 2.86. The fraction of sp³-hybridized carbons (Fsp3) is 0.857. The van der Waals surface area contributed by atoms with Gasteiger partial charge < -0.3 is 24.8 Å². The van der Waals surface area contributed by atoms with Crippen LogP contribution in [-0.2, 0) is 14.3 Å². The molecule has 0 aromatic carbocycles. The number of carbonyl (C=O) groups is 1. The van der Waals surface area contributed by atoms with Crippen LogP contribution in [0.2, 0.25) is 0 Å². The minimum absolute atomic E-state index is 0.170. The van der Waals surface area contributed by atoms with E-state index >= 15 is 0 Å². The van der Waals surface area contributed by atoms with E-state index in [4.69, 9.17) is 14.9 Å². The van der Waals surface area contributed by atoms with Gasteiger partial charge in [0, 0.05) is 6.92 Å². The fourth-order valence-corrected chi connectivity index (χ4v) is 1.05. The normalized spacial score (nSPS) is 40.0. The van der Waals surface area contributed by atoms with Crippen molar-refractivity contribution in [3.63, 3.8) is 0 Å². The monoisotopic (exact) mass is 192 g/mol. The Labute approximate surface area is 74.7 Å². The molecule has 1 rings (SSSR count). The standard InChI is InChI=1S/C7H12O6/c1-3(8)13-7-6(11)5(10)4(9)2-12-7/h4-7,9-11H,2H2,1H3. The zero-order valence-electron chi connectivity index (χ0n) is 7.08. The predicted molar refractivity (Wildman–Crippen MR) is 39.5 cm³/mol. The number of hydrogen-bond acceptors (Lipinski definition) is 6. The average molecular weight is 192 g/mol. The third kappa shape index (κ3) is 2.38. The van der Waals surface area contributed by atoms with Gasteiger partial charge in [-0.05, 0) is 0 Å². The molecule has 1 aliphatic rings. The molecule has 0 aromatic heterocycles. The smallest absolute Gasteiger partial charge is 0.305 e. The Morgan fingerprint density at radius 3 is 2.54 bits per heavy atom. The van der Waals surface area contributed by atoms with Crippen LogP contribution >= 0.6 is 0 Å². The summed E-state index contributed by atoms with van der Waals surface area (Å²) in [5.74, 6) is -0.618. The van der Waals surface area contributed by atoms with E-state index < -0.39 is 30.6 Å². The molecule has 0 amide bonds. The number of esters is 1. The Bertz CT molecular complexity index is 193. The van der Waals surface area contributed by atoms with Crippen molar-refractivity contribution in [3.8, 4) is 0 Å². The highest BCUT2D eigenvalue weighted by Crippen LogP contribution is 2.16. The van der Waals surface area contributed by atoms with Gasteiger partial charge in [0.1, 0.15) is 18.3 Å². The number of hydrogen-bond donors (Lipinski definition) is 3. The topological polar surface area (TPSA) is 96.2 Å². The molecule has 1 aliphatic heterocycles. The molecule has 13 heavy (non-hydrogen) atoms. The van der Waals surface area contributed by atoms with Gasteiger partial charge in [-0.25, -0.2) is 0 Å². The second-order valence-electron chi connectivity index (χ2n) is 2.86. The number of aliphatic hydroxyl groups excluding tert-OH is 3.